The van der Waals surface area contributed by atoms with Gasteiger partial charge in [0.1, 0.15) is 23.1 Å². The van der Waals surface area contributed by atoms with Gasteiger partial charge in [-0.1, -0.05) is 92.6 Å². The minimum atomic E-state index is -0.284. The summed E-state index contributed by atoms with van der Waals surface area (Å²) in [6.07, 6.45) is 9.04. The zero-order valence-electron chi connectivity index (χ0n) is 32.5. The molecule has 0 bridgehead atoms. The quantitative estimate of drug-likeness (QED) is 0.132. The SMILES string of the molecule is CC(C)(C)c1cc(-[n+]2[c-]n(-c3cncc(Oc4ccc5c6cc(F)ccc6n(-c6cc(C(C)(C)C)ccn6)c5c4)c3)c3ccccc32)cc(C(C)(C)C)c1. The maximum atomic E-state index is 14.6. The van der Waals surface area contributed by atoms with E-state index in [9.17, 15) is 4.39 Å². The lowest BCUT2D eigenvalue weighted by Crippen LogP contribution is -2.31. The Balaban J connectivity index is 1.22. The molecular weight excluding hydrogens is 670 g/mol. The lowest BCUT2D eigenvalue weighted by Gasteiger charge is -2.26. The van der Waals surface area contributed by atoms with Crippen molar-refractivity contribution in [2.75, 3.05) is 0 Å². The van der Waals surface area contributed by atoms with E-state index in [1.807, 2.05) is 59.4 Å². The van der Waals surface area contributed by atoms with Crippen molar-refractivity contribution in [1.29, 1.82) is 0 Å². The van der Waals surface area contributed by atoms with E-state index in [1.165, 1.54) is 17.2 Å². The molecular formula is C47H46FN5O. The standard InChI is InChI=1S/C47H46FN5O/c1-45(2,3)30-18-19-50-44(23-30)53-40-17-14-33(48)24-39(40)38-16-15-36(26-43(38)53)54-37-25-35(27-49-28-37)52-29-51(41-12-10-11-13-42(41)52)34-21-31(46(4,5)6)20-32(22-34)47(7,8)9/h10-28H,1-9H3. The third-order valence-electron chi connectivity index (χ3n) is 10.2. The van der Waals surface area contributed by atoms with Gasteiger partial charge in [0.25, 0.3) is 6.33 Å². The van der Waals surface area contributed by atoms with Crippen LogP contribution in [0.5, 0.6) is 11.5 Å². The monoisotopic (exact) mass is 715 g/mol. The van der Waals surface area contributed by atoms with Crippen molar-refractivity contribution in [3.05, 3.63) is 144 Å². The van der Waals surface area contributed by atoms with Gasteiger partial charge >= 0.3 is 0 Å². The summed E-state index contributed by atoms with van der Waals surface area (Å²) in [6, 6.07) is 32.2. The summed E-state index contributed by atoms with van der Waals surface area (Å²) in [7, 11) is 0. The average molecular weight is 716 g/mol. The second kappa shape index (κ2) is 12.7. The molecule has 0 fully saturated rings. The first-order valence-corrected chi connectivity index (χ1v) is 18.5. The van der Waals surface area contributed by atoms with E-state index in [0.29, 0.717) is 11.5 Å². The summed E-state index contributed by atoms with van der Waals surface area (Å²) >= 11 is 0. The van der Waals surface area contributed by atoms with Crippen molar-refractivity contribution in [3.63, 3.8) is 0 Å². The molecule has 4 heterocycles. The minimum absolute atomic E-state index is 0.0227. The van der Waals surface area contributed by atoms with Crippen molar-refractivity contribution in [3.8, 4) is 28.7 Å². The topological polar surface area (TPSA) is 48.8 Å². The molecule has 8 aromatic rings. The molecule has 0 N–H and O–H groups in total. The van der Waals surface area contributed by atoms with Crippen molar-refractivity contribution >= 4 is 32.8 Å². The molecule has 0 radical (unpaired) electrons. The molecule has 0 saturated carbocycles. The molecule has 0 unspecified atom stereocenters. The number of rotatable bonds is 5. The lowest BCUT2D eigenvalue weighted by atomic mass is 9.80. The number of halogens is 1. The summed E-state index contributed by atoms with van der Waals surface area (Å²) < 4.78 is 27.4. The van der Waals surface area contributed by atoms with Gasteiger partial charge in [-0.25, -0.2) is 9.37 Å². The average Bonchev–Trinajstić information content (AvgIpc) is 3.66. The smallest absolute Gasteiger partial charge is 0.269 e. The van der Waals surface area contributed by atoms with Crippen molar-refractivity contribution in [1.82, 2.24) is 19.1 Å². The molecule has 54 heavy (non-hydrogen) atoms. The van der Waals surface area contributed by atoms with Gasteiger partial charge in [0.05, 0.1) is 39.6 Å². The summed E-state index contributed by atoms with van der Waals surface area (Å²) in [4.78, 5) is 9.38. The highest BCUT2D eigenvalue weighted by Crippen LogP contribution is 2.37. The Morgan fingerprint density at radius 2 is 1.35 bits per heavy atom. The van der Waals surface area contributed by atoms with Crippen molar-refractivity contribution in [2.24, 2.45) is 0 Å². The van der Waals surface area contributed by atoms with Gasteiger partial charge in [-0.05, 0) is 93.6 Å². The summed E-state index contributed by atoms with van der Waals surface area (Å²) in [5.41, 5.74) is 9.26. The van der Waals surface area contributed by atoms with Gasteiger partial charge in [0.2, 0.25) is 0 Å². The van der Waals surface area contributed by atoms with E-state index in [0.717, 1.165) is 55.6 Å². The van der Waals surface area contributed by atoms with Gasteiger partial charge in [0.15, 0.2) is 0 Å². The summed E-state index contributed by atoms with van der Waals surface area (Å²) in [5, 5.41) is 1.73. The number of benzene rings is 4. The highest BCUT2D eigenvalue weighted by molar-refractivity contribution is 6.09. The van der Waals surface area contributed by atoms with Gasteiger partial charge in [-0.15, -0.1) is 0 Å². The Hall–Kier alpha value is -5.82. The molecule has 0 amide bonds. The lowest BCUT2D eigenvalue weighted by molar-refractivity contribution is -0.572. The summed E-state index contributed by atoms with van der Waals surface area (Å²) in [5.74, 6) is 1.69. The van der Waals surface area contributed by atoms with Crippen LogP contribution in [0.15, 0.2) is 116 Å². The molecule has 0 atom stereocenters. The van der Waals surface area contributed by atoms with Crippen LogP contribution in [0.25, 0.3) is 50.0 Å². The summed E-state index contributed by atoms with van der Waals surface area (Å²) in [6.45, 7) is 20.1. The fraction of sp³-hybridized carbons (Fsp3) is 0.255. The second-order valence-electron chi connectivity index (χ2n) is 17.3. The molecule has 0 aliphatic heterocycles. The number of imidazole rings is 1. The van der Waals surface area contributed by atoms with E-state index < -0.39 is 0 Å². The largest absolute Gasteiger partial charge is 0.456 e. The normalized spacial score (nSPS) is 12.6. The van der Waals surface area contributed by atoms with Gasteiger partial charge in [0, 0.05) is 29.2 Å². The van der Waals surface area contributed by atoms with Gasteiger partial charge in [-0.2, -0.15) is 0 Å². The molecule has 4 aromatic heterocycles. The van der Waals surface area contributed by atoms with Crippen LogP contribution in [0, 0.1) is 12.1 Å². The Labute approximate surface area is 316 Å². The Bertz CT molecular complexity index is 2680. The van der Waals surface area contributed by atoms with Crippen LogP contribution in [0.4, 0.5) is 4.39 Å². The van der Waals surface area contributed by atoms with Crippen LogP contribution in [-0.2, 0) is 16.2 Å². The number of nitrogens with zero attached hydrogens (tertiary/aromatic N) is 5. The second-order valence-corrected chi connectivity index (χ2v) is 17.3. The van der Waals surface area contributed by atoms with E-state index >= 15 is 0 Å². The van der Waals surface area contributed by atoms with E-state index in [-0.39, 0.29) is 22.1 Å². The van der Waals surface area contributed by atoms with Crippen LogP contribution in [0.1, 0.15) is 79.0 Å². The van der Waals surface area contributed by atoms with Gasteiger partial charge in [-0.3, -0.25) is 18.7 Å². The third-order valence-corrected chi connectivity index (χ3v) is 10.2. The Morgan fingerprint density at radius 3 is 2.07 bits per heavy atom. The van der Waals surface area contributed by atoms with Gasteiger partial charge < -0.3 is 4.74 Å². The van der Waals surface area contributed by atoms with Crippen LogP contribution < -0.4 is 9.30 Å². The van der Waals surface area contributed by atoms with Crippen LogP contribution >= 0.6 is 0 Å². The molecule has 8 rings (SSSR count). The molecule has 0 aliphatic rings. The predicted molar refractivity (Wildman–Crippen MR) is 216 cm³/mol. The van der Waals surface area contributed by atoms with Crippen molar-refractivity contribution in [2.45, 2.75) is 78.6 Å². The molecule has 0 saturated heterocycles. The number of aromatic nitrogens is 5. The predicted octanol–water partition coefficient (Wildman–Crippen LogP) is 11.4. The van der Waals surface area contributed by atoms with Crippen molar-refractivity contribution < 1.29 is 13.7 Å². The number of ether oxygens (including phenoxy) is 1. The number of hydrogen-bond donors (Lipinski definition) is 0. The molecule has 272 valence electrons. The maximum Gasteiger partial charge on any atom is 0.269 e. The van der Waals surface area contributed by atoms with Crippen LogP contribution in [0.3, 0.4) is 0 Å². The Kier molecular flexibility index (Phi) is 8.25. The first-order valence-electron chi connectivity index (χ1n) is 18.5. The fourth-order valence-electron chi connectivity index (χ4n) is 7.06. The molecule has 0 spiro atoms. The van der Waals surface area contributed by atoms with E-state index in [4.69, 9.17) is 9.72 Å². The first-order chi connectivity index (χ1) is 25.5. The minimum Gasteiger partial charge on any atom is -0.456 e. The van der Waals surface area contributed by atoms with E-state index in [2.05, 4.69) is 125 Å². The highest BCUT2D eigenvalue weighted by atomic mass is 19.1. The maximum absolute atomic E-state index is 14.6. The first kappa shape index (κ1) is 35.2. The number of fused-ring (bicyclic) bond motifs is 4. The van der Waals surface area contributed by atoms with Crippen LogP contribution in [-0.4, -0.2) is 19.1 Å². The third kappa shape index (κ3) is 6.42. The number of hydrogen-bond acceptors (Lipinski definition) is 3. The number of para-hydroxylation sites is 2. The highest BCUT2D eigenvalue weighted by Gasteiger charge is 2.23. The molecule has 7 heteroatoms. The fourth-order valence-corrected chi connectivity index (χ4v) is 7.06. The molecule has 0 aliphatic carbocycles. The molecule has 6 nitrogen and oxygen atoms in total. The zero-order chi connectivity index (χ0) is 38.2. The Morgan fingerprint density at radius 1 is 0.630 bits per heavy atom. The van der Waals surface area contributed by atoms with Crippen LogP contribution in [0.2, 0.25) is 0 Å². The number of pyridine rings is 2. The van der Waals surface area contributed by atoms with E-state index in [1.54, 1.807) is 12.3 Å². The zero-order valence-corrected chi connectivity index (χ0v) is 32.5. The molecule has 4 aromatic carbocycles.